The molecule has 1 amide bonds. The third kappa shape index (κ3) is 3.86. The summed E-state index contributed by atoms with van der Waals surface area (Å²) in [6.07, 6.45) is 1.78. The maximum absolute atomic E-state index is 11.1. The Morgan fingerprint density at radius 3 is 2.72 bits per heavy atom. The predicted molar refractivity (Wildman–Crippen MR) is 114 cm³/mol. The van der Waals surface area contributed by atoms with E-state index in [1.54, 1.807) is 12.3 Å². The van der Waals surface area contributed by atoms with Crippen LogP contribution in [0.15, 0.2) is 57.6 Å². The fraction of sp³-hybridized carbons (Fsp3) is 0.136. The summed E-state index contributed by atoms with van der Waals surface area (Å²) in [5.74, 6) is 0.801. The van der Waals surface area contributed by atoms with Gasteiger partial charge in [-0.1, -0.05) is 34.1 Å². The standard InChI is InChI=1S/C22H18BrN3O3/c1-12-9-16(23)10-19-21(12)28-22(25-19)18-8-7-15(11-24-18)17-5-4-6-20(13(17)2)29-26-14(3)27/h4-11H,1-3H3,(H,26,27). The fourth-order valence-corrected chi connectivity index (χ4v) is 3.67. The second kappa shape index (κ2) is 7.67. The monoisotopic (exact) mass is 451 g/mol. The van der Waals surface area contributed by atoms with Crippen LogP contribution in [0.3, 0.4) is 0 Å². The lowest BCUT2D eigenvalue weighted by Crippen LogP contribution is -2.24. The van der Waals surface area contributed by atoms with E-state index in [0.29, 0.717) is 17.3 Å². The number of hydroxylamine groups is 1. The van der Waals surface area contributed by atoms with Gasteiger partial charge < -0.3 is 9.25 Å². The number of pyridine rings is 1. The molecule has 0 fully saturated rings. The van der Waals surface area contributed by atoms with E-state index in [0.717, 1.165) is 37.8 Å². The Hall–Kier alpha value is -3.19. The lowest BCUT2D eigenvalue weighted by Gasteiger charge is -2.12. The molecule has 2 aromatic heterocycles. The van der Waals surface area contributed by atoms with Crippen molar-refractivity contribution in [3.05, 3.63) is 64.3 Å². The van der Waals surface area contributed by atoms with Gasteiger partial charge in [-0.05, 0) is 49.2 Å². The van der Waals surface area contributed by atoms with Crippen LogP contribution in [0.4, 0.5) is 0 Å². The summed E-state index contributed by atoms with van der Waals surface area (Å²) >= 11 is 3.48. The first-order valence-corrected chi connectivity index (χ1v) is 9.78. The zero-order valence-corrected chi connectivity index (χ0v) is 17.7. The van der Waals surface area contributed by atoms with Crippen molar-refractivity contribution in [3.8, 4) is 28.5 Å². The molecule has 29 heavy (non-hydrogen) atoms. The summed E-state index contributed by atoms with van der Waals surface area (Å²) in [7, 11) is 0. The molecule has 0 bridgehead atoms. The summed E-state index contributed by atoms with van der Waals surface area (Å²) in [6.45, 7) is 5.31. The van der Waals surface area contributed by atoms with Gasteiger partial charge >= 0.3 is 0 Å². The third-order valence-corrected chi connectivity index (χ3v) is 4.98. The Bertz CT molecular complexity index is 1220. The van der Waals surface area contributed by atoms with Gasteiger partial charge in [-0.2, -0.15) is 5.48 Å². The minimum atomic E-state index is -0.263. The molecule has 0 saturated heterocycles. The molecule has 7 heteroatoms. The predicted octanol–water partition coefficient (Wildman–Crippen LogP) is 5.37. The number of benzene rings is 2. The van der Waals surface area contributed by atoms with Gasteiger partial charge in [0.25, 0.3) is 0 Å². The molecule has 0 radical (unpaired) electrons. The highest BCUT2D eigenvalue weighted by Crippen LogP contribution is 2.32. The van der Waals surface area contributed by atoms with Gasteiger partial charge in [-0.15, -0.1) is 0 Å². The largest absolute Gasteiger partial charge is 0.434 e. The molecule has 0 aliphatic rings. The highest BCUT2D eigenvalue weighted by Gasteiger charge is 2.13. The number of amides is 1. The number of fused-ring (bicyclic) bond motifs is 1. The van der Waals surface area contributed by atoms with Gasteiger partial charge in [0, 0.05) is 28.7 Å². The van der Waals surface area contributed by atoms with E-state index in [9.17, 15) is 4.79 Å². The van der Waals surface area contributed by atoms with Crippen LogP contribution in [-0.4, -0.2) is 15.9 Å². The molecular formula is C22H18BrN3O3. The number of carbonyl (C=O) groups excluding carboxylic acids is 1. The van der Waals surface area contributed by atoms with Gasteiger partial charge in [0.1, 0.15) is 11.2 Å². The maximum atomic E-state index is 11.1. The normalized spacial score (nSPS) is 10.9. The smallest absolute Gasteiger partial charge is 0.249 e. The zero-order chi connectivity index (χ0) is 20.5. The molecule has 0 saturated carbocycles. The van der Waals surface area contributed by atoms with Gasteiger partial charge in [0.05, 0.1) is 0 Å². The van der Waals surface area contributed by atoms with Crippen LogP contribution >= 0.6 is 15.9 Å². The highest BCUT2D eigenvalue weighted by molar-refractivity contribution is 9.10. The molecular weight excluding hydrogens is 434 g/mol. The van der Waals surface area contributed by atoms with Crippen LogP contribution in [0.2, 0.25) is 0 Å². The van der Waals surface area contributed by atoms with Crippen molar-refractivity contribution in [2.45, 2.75) is 20.8 Å². The Labute approximate surface area is 176 Å². The Kier molecular flexibility index (Phi) is 5.07. The first-order valence-electron chi connectivity index (χ1n) is 8.99. The van der Waals surface area contributed by atoms with Crippen molar-refractivity contribution in [2.24, 2.45) is 0 Å². The van der Waals surface area contributed by atoms with Crippen LogP contribution in [0.5, 0.6) is 5.75 Å². The first-order chi connectivity index (χ1) is 13.9. The van der Waals surface area contributed by atoms with Gasteiger partial charge in [0.15, 0.2) is 11.3 Å². The molecule has 2 aromatic carbocycles. The minimum Gasteiger partial charge on any atom is -0.434 e. The average molecular weight is 452 g/mol. The Morgan fingerprint density at radius 1 is 1.17 bits per heavy atom. The van der Waals surface area contributed by atoms with Crippen molar-refractivity contribution in [1.29, 1.82) is 0 Å². The summed E-state index contributed by atoms with van der Waals surface area (Å²) in [4.78, 5) is 25.6. The summed E-state index contributed by atoms with van der Waals surface area (Å²) in [6, 6.07) is 13.4. The number of nitrogens with one attached hydrogen (secondary N) is 1. The van der Waals surface area contributed by atoms with Crippen molar-refractivity contribution in [2.75, 3.05) is 0 Å². The van der Waals surface area contributed by atoms with Crippen LogP contribution < -0.4 is 10.3 Å². The lowest BCUT2D eigenvalue weighted by molar-refractivity contribution is -0.125. The number of carbonyl (C=O) groups is 1. The molecule has 0 atom stereocenters. The van der Waals surface area contributed by atoms with E-state index in [2.05, 4.69) is 31.4 Å². The van der Waals surface area contributed by atoms with E-state index >= 15 is 0 Å². The molecule has 0 unspecified atom stereocenters. The maximum Gasteiger partial charge on any atom is 0.249 e. The molecule has 0 aliphatic heterocycles. The van der Waals surface area contributed by atoms with Crippen LogP contribution in [0.25, 0.3) is 33.8 Å². The number of aryl methyl sites for hydroxylation is 1. The van der Waals surface area contributed by atoms with Crippen molar-refractivity contribution in [1.82, 2.24) is 15.4 Å². The second-order valence-electron chi connectivity index (χ2n) is 6.71. The highest BCUT2D eigenvalue weighted by atomic mass is 79.9. The number of rotatable bonds is 4. The van der Waals surface area contributed by atoms with Crippen LogP contribution in [-0.2, 0) is 4.79 Å². The van der Waals surface area contributed by atoms with E-state index in [-0.39, 0.29) is 5.91 Å². The number of aromatic nitrogens is 2. The van der Waals surface area contributed by atoms with Crippen LogP contribution in [0.1, 0.15) is 18.1 Å². The zero-order valence-electron chi connectivity index (χ0n) is 16.1. The molecule has 0 aliphatic carbocycles. The van der Waals surface area contributed by atoms with E-state index in [1.165, 1.54) is 6.92 Å². The van der Waals surface area contributed by atoms with Gasteiger partial charge in [-0.3, -0.25) is 9.78 Å². The van der Waals surface area contributed by atoms with Gasteiger partial charge in [-0.25, -0.2) is 4.98 Å². The SMILES string of the molecule is CC(=O)NOc1cccc(-c2ccc(-c3nc4cc(Br)cc(C)c4o3)nc2)c1C. The van der Waals surface area contributed by atoms with Crippen molar-refractivity contribution < 1.29 is 14.0 Å². The number of oxazole rings is 1. The summed E-state index contributed by atoms with van der Waals surface area (Å²) < 4.78 is 6.89. The third-order valence-electron chi connectivity index (χ3n) is 4.52. The van der Waals surface area contributed by atoms with Crippen LogP contribution in [0, 0.1) is 13.8 Å². The Balaban J connectivity index is 1.66. The van der Waals surface area contributed by atoms with Gasteiger partial charge in [0.2, 0.25) is 11.8 Å². The topological polar surface area (TPSA) is 77.2 Å². The quantitative estimate of drug-likeness (QED) is 0.422. The fourth-order valence-electron chi connectivity index (χ4n) is 3.11. The van der Waals surface area contributed by atoms with Crippen molar-refractivity contribution in [3.63, 3.8) is 0 Å². The number of hydrogen-bond acceptors (Lipinski definition) is 5. The second-order valence-corrected chi connectivity index (χ2v) is 7.63. The number of nitrogens with zero attached hydrogens (tertiary/aromatic N) is 2. The van der Waals surface area contributed by atoms with E-state index in [4.69, 9.17) is 9.25 Å². The molecule has 1 N–H and O–H groups in total. The van der Waals surface area contributed by atoms with E-state index in [1.807, 2.05) is 50.2 Å². The lowest BCUT2D eigenvalue weighted by atomic mass is 10.0. The first kappa shape index (κ1) is 19.1. The molecule has 146 valence electrons. The summed E-state index contributed by atoms with van der Waals surface area (Å²) in [5, 5.41) is 0. The number of hydrogen-bond donors (Lipinski definition) is 1. The average Bonchev–Trinajstić information content (AvgIpc) is 3.12. The molecule has 4 aromatic rings. The molecule has 4 rings (SSSR count). The van der Waals surface area contributed by atoms with Crippen molar-refractivity contribution >= 4 is 32.9 Å². The van der Waals surface area contributed by atoms with E-state index < -0.39 is 0 Å². The Morgan fingerprint density at radius 2 is 2.00 bits per heavy atom. The molecule has 0 spiro atoms. The summed E-state index contributed by atoms with van der Waals surface area (Å²) in [5.41, 5.74) is 8.36. The molecule has 2 heterocycles. The molecule has 6 nitrogen and oxygen atoms in total. The number of halogens is 1. The minimum absolute atomic E-state index is 0.263.